The Morgan fingerprint density at radius 3 is 2.57 bits per heavy atom. The molecule has 0 unspecified atom stereocenters. The molecule has 0 atom stereocenters. The van der Waals surface area contributed by atoms with E-state index in [0.29, 0.717) is 6.61 Å². The maximum absolute atomic E-state index is 5.98. The molecule has 0 aliphatic carbocycles. The second kappa shape index (κ2) is 7.14. The quantitative estimate of drug-likeness (QED) is 0.879. The van der Waals surface area contributed by atoms with Gasteiger partial charge in [0, 0.05) is 12.1 Å². The van der Waals surface area contributed by atoms with Crippen LogP contribution in [0.2, 0.25) is 0 Å². The molecule has 0 aliphatic rings. The molecule has 3 heteroatoms. The molecule has 0 aromatic heterocycles. The maximum Gasteiger partial charge on any atom is 0.125 e. The number of rotatable bonds is 6. The molecule has 0 radical (unpaired) electrons. The largest absolute Gasteiger partial charge is 0.496 e. The van der Waals surface area contributed by atoms with Crippen molar-refractivity contribution in [2.75, 3.05) is 14.2 Å². The van der Waals surface area contributed by atoms with Crippen LogP contribution < -0.4 is 14.8 Å². The number of hydrogen-bond acceptors (Lipinski definition) is 3. The van der Waals surface area contributed by atoms with Gasteiger partial charge >= 0.3 is 0 Å². The van der Waals surface area contributed by atoms with Crippen LogP contribution in [0.4, 0.5) is 0 Å². The molecule has 0 saturated heterocycles. The molecule has 112 valence electrons. The Labute approximate surface area is 126 Å². The van der Waals surface area contributed by atoms with Gasteiger partial charge in [-0.25, -0.2) is 0 Å². The van der Waals surface area contributed by atoms with Gasteiger partial charge in [-0.15, -0.1) is 0 Å². The van der Waals surface area contributed by atoms with Crippen LogP contribution in [0.3, 0.4) is 0 Å². The summed E-state index contributed by atoms with van der Waals surface area (Å²) in [6, 6.07) is 12.3. The predicted molar refractivity (Wildman–Crippen MR) is 86.0 cm³/mol. The van der Waals surface area contributed by atoms with Gasteiger partial charge in [-0.05, 0) is 55.8 Å². The molecule has 0 spiro atoms. The van der Waals surface area contributed by atoms with E-state index in [2.05, 4.69) is 37.4 Å². The molecule has 2 aromatic rings. The van der Waals surface area contributed by atoms with Crippen molar-refractivity contribution in [3.8, 4) is 11.5 Å². The summed E-state index contributed by atoms with van der Waals surface area (Å²) < 4.78 is 11.4. The lowest BCUT2D eigenvalue weighted by atomic mass is 10.1. The molecule has 21 heavy (non-hydrogen) atoms. The lowest BCUT2D eigenvalue weighted by Crippen LogP contribution is -2.07. The van der Waals surface area contributed by atoms with E-state index >= 15 is 0 Å². The fraction of sp³-hybridized carbons (Fsp3) is 0.333. The highest BCUT2D eigenvalue weighted by atomic mass is 16.5. The van der Waals surface area contributed by atoms with Crippen molar-refractivity contribution < 1.29 is 9.47 Å². The van der Waals surface area contributed by atoms with Gasteiger partial charge < -0.3 is 14.8 Å². The number of methoxy groups -OCH3 is 1. The van der Waals surface area contributed by atoms with E-state index in [9.17, 15) is 0 Å². The van der Waals surface area contributed by atoms with Crippen LogP contribution in [0.1, 0.15) is 22.3 Å². The number of nitrogens with one attached hydrogen (secondary N) is 1. The molecule has 0 saturated carbocycles. The van der Waals surface area contributed by atoms with Gasteiger partial charge in [0.15, 0.2) is 0 Å². The third kappa shape index (κ3) is 3.76. The summed E-state index contributed by atoms with van der Waals surface area (Å²) in [6.45, 7) is 5.52. The van der Waals surface area contributed by atoms with E-state index in [-0.39, 0.29) is 0 Å². The summed E-state index contributed by atoms with van der Waals surface area (Å²) in [7, 11) is 3.63. The van der Waals surface area contributed by atoms with Crippen LogP contribution in [0.15, 0.2) is 36.4 Å². The van der Waals surface area contributed by atoms with Crippen LogP contribution in [0, 0.1) is 13.8 Å². The predicted octanol–water partition coefficient (Wildman–Crippen LogP) is 3.61. The fourth-order valence-corrected chi connectivity index (χ4v) is 2.29. The van der Waals surface area contributed by atoms with Crippen molar-refractivity contribution in [2.45, 2.75) is 27.0 Å². The Morgan fingerprint density at radius 1 is 1.05 bits per heavy atom. The molecule has 0 amide bonds. The minimum absolute atomic E-state index is 0.505. The molecule has 0 fully saturated rings. The van der Waals surface area contributed by atoms with Gasteiger partial charge in [0.1, 0.15) is 18.1 Å². The van der Waals surface area contributed by atoms with Gasteiger partial charge in [0.2, 0.25) is 0 Å². The molecule has 0 aliphatic heterocycles. The minimum Gasteiger partial charge on any atom is -0.496 e. The van der Waals surface area contributed by atoms with Crippen molar-refractivity contribution in [1.82, 2.24) is 5.32 Å². The minimum atomic E-state index is 0.505. The summed E-state index contributed by atoms with van der Waals surface area (Å²) >= 11 is 0. The highest BCUT2D eigenvalue weighted by Gasteiger charge is 2.07. The highest BCUT2D eigenvalue weighted by molar-refractivity contribution is 5.40. The number of aryl methyl sites for hydroxylation is 1. The first-order valence-corrected chi connectivity index (χ1v) is 7.15. The van der Waals surface area contributed by atoms with Gasteiger partial charge in [-0.3, -0.25) is 0 Å². The zero-order valence-electron chi connectivity index (χ0n) is 13.2. The lowest BCUT2D eigenvalue weighted by Gasteiger charge is -2.14. The van der Waals surface area contributed by atoms with Crippen molar-refractivity contribution in [3.63, 3.8) is 0 Å². The van der Waals surface area contributed by atoms with E-state index in [1.165, 1.54) is 16.7 Å². The van der Waals surface area contributed by atoms with Crippen LogP contribution in [0.5, 0.6) is 11.5 Å². The van der Waals surface area contributed by atoms with E-state index in [4.69, 9.17) is 9.47 Å². The van der Waals surface area contributed by atoms with E-state index in [1.54, 1.807) is 7.11 Å². The molecule has 0 heterocycles. The van der Waals surface area contributed by atoms with Crippen LogP contribution in [-0.4, -0.2) is 14.2 Å². The first-order valence-electron chi connectivity index (χ1n) is 7.15. The number of ether oxygens (including phenoxy) is 2. The Hall–Kier alpha value is -2.00. The molecule has 2 rings (SSSR count). The van der Waals surface area contributed by atoms with Gasteiger partial charge in [0.05, 0.1) is 7.11 Å². The first-order chi connectivity index (χ1) is 10.2. The molecule has 2 aromatic carbocycles. The summed E-state index contributed by atoms with van der Waals surface area (Å²) in [4.78, 5) is 0. The van der Waals surface area contributed by atoms with Crippen LogP contribution >= 0.6 is 0 Å². The normalized spacial score (nSPS) is 10.5. The van der Waals surface area contributed by atoms with Gasteiger partial charge in [-0.2, -0.15) is 0 Å². The Balaban J connectivity index is 2.18. The summed E-state index contributed by atoms with van der Waals surface area (Å²) in [6.07, 6.45) is 0. The zero-order valence-corrected chi connectivity index (χ0v) is 13.2. The van der Waals surface area contributed by atoms with E-state index in [1.807, 2.05) is 25.2 Å². The van der Waals surface area contributed by atoms with E-state index < -0.39 is 0 Å². The summed E-state index contributed by atoms with van der Waals surface area (Å²) in [5.41, 5.74) is 4.70. The molecule has 1 N–H and O–H groups in total. The zero-order chi connectivity index (χ0) is 15.2. The SMILES string of the molecule is CNCc1ccc(OC)c(COc2cccc(C)c2C)c1. The maximum atomic E-state index is 5.98. The Kier molecular flexibility index (Phi) is 5.23. The summed E-state index contributed by atoms with van der Waals surface area (Å²) in [5, 5.41) is 3.16. The van der Waals surface area contributed by atoms with Crippen LogP contribution in [0.25, 0.3) is 0 Å². The molecule has 0 bridgehead atoms. The number of benzene rings is 2. The third-order valence-electron chi connectivity index (χ3n) is 3.66. The Morgan fingerprint density at radius 2 is 1.86 bits per heavy atom. The standard InChI is InChI=1S/C18H23NO2/c1-13-6-5-7-17(14(13)2)21-12-16-10-15(11-19-3)8-9-18(16)20-4/h5-10,19H,11-12H2,1-4H3. The topological polar surface area (TPSA) is 30.5 Å². The van der Waals surface area contributed by atoms with Gasteiger partial charge in [-0.1, -0.05) is 18.2 Å². The second-order valence-electron chi connectivity index (χ2n) is 5.16. The second-order valence-corrected chi connectivity index (χ2v) is 5.16. The van der Waals surface area contributed by atoms with Crippen molar-refractivity contribution in [2.24, 2.45) is 0 Å². The molecule has 3 nitrogen and oxygen atoms in total. The fourth-order valence-electron chi connectivity index (χ4n) is 2.29. The number of hydrogen-bond donors (Lipinski definition) is 1. The van der Waals surface area contributed by atoms with Crippen molar-refractivity contribution in [1.29, 1.82) is 0 Å². The lowest BCUT2D eigenvalue weighted by molar-refractivity contribution is 0.294. The van der Waals surface area contributed by atoms with Crippen molar-refractivity contribution in [3.05, 3.63) is 58.7 Å². The third-order valence-corrected chi connectivity index (χ3v) is 3.66. The average Bonchev–Trinajstić information content (AvgIpc) is 2.49. The molecular weight excluding hydrogens is 262 g/mol. The summed E-state index contributed by atoms with van der Waals surface area (Å²) in [5.74, 6) is 1.79. The van der Waals surface area contributed by atoms with Gasteiger partial charge in [0.25, 0.3) is 0 Å². The molecular formula is C18H23NO2. The Bertz CT molecular complexity index is 608. The first kappa shape index (κ1) is 15.4. The van der Waals surface area contributed by atoms with Crippen LogP contribution in [-0.2, 0) is 13.2 Å². The van der Waals surface area contributed by atoms with E-state index in [0.717, 1.165) is 23.6 Å². The monoisotopic (exact) mass is 285 g/mol. The smallest absolute Gasteiger partial charge is 0.125 e. The average molecular weight is 285 g/mol. The highest BCUT2D eigenvalue weighted by Crippen LogP contribution is 2.25. The van der Waals surface area contributed by atoms with Crippen molar-refractivity contribution >= 4 is 0 Å².